The lowest BCUT2D eigenvalue weighted by molar-refractivity contribution is 0.0437. The van der Waals surface area contributed by atoms with Crippen molar-refractivity contribution in [1.29, 1.82) is 0 Å². The predicted molar refractivity (Wildman–Crippen MR) is 63.9 cm³/mol. The number of hydrogen-bond donors (Lipinski definition) is 3. The fourth-order valence-electron chi connectivity index (χ4n) is 1.55. The van der Waals surface area contributed by atoms with Crippen LogP contribution >= 0.6 is 0 Å². The van der Waals surface area contributed by atoms with Crippen molar-refractivity contribution in [3.05, 3.63) is 0 Å². The lowest BCUT2D eigenvalue weighted by Gasteiger charge is -2.29. The molecule has 0 amide bonds. The molecule has 0 aromatic heterocycles. The van der Waals surface area contributed by atoms with Crippen molar-refractivity contribution in [3.63, 3.8) is 0 Å². The van der Waals surface area contributed by atoms with Crippen LogP contribution in [0, 0.1) is 5.41 Å². The van der Waals surface area contributed by atoms with Gasteiger partial charge in [-0.3, -0.25) is 0 Å². The molecule has 0 fully saturated rings. The van der Waals surface area contributed by atoms with Crippen molar-refractivity contribution in [2.24, 2.45) is 5.41 Å². The monoisotopic (exact) mass is 217 g/mol. The molecule has 0 aromatic rings. The van der Waals surface area contributed by atoms with Crippen LogP contribution in [0.4, 0.5) is 0 Å². The maximum atomic E-state index is 9.93. The smallest absolute Gasteiger partial charge is 0.0743 e. The van der Waals surface area contributed by atoms with E-state index in [0.717, 1.165) is 25.8 Å². The zero-order valence-electron chi connectivity index (χ0n) is 10.6. The summed E-state index contributed by atoms with van der Waals surface area (Å²) in [5.41, 5.74) is -0.693. The highest BCUT2D eigenvalue weighted by Gasteiger charge is 2.23. The minimum Gasteiger partial charge on any atom is -0.396 e. The van der Waals surface area contributed by atoms with Crippen molar-refractivity contribution in [1.82, 2.24) is 5.32 Å². The first-order valence-electron chi connectivity index (χ1n) is 5.93. The highest BCUT2D eigenvalue weighted by atomic mass is 16.3. The molecule has 0 saturated carbocycles. The molecule has 0 heterocycles. The second-order valence-corrected chi connectivity index (χ2v) is 5.17. The van der Waals surface area contributed by atoms with E-state index in [0.29, 0.717) is 6.54 Å². The second-order valence-electron chi connectivity index (χ2n) is 5.17. The van der Waals surface area contributed by atoms with E-state index in [4.69, 9.17) is 0 Å². The van der Waals surface area contributed by atoms with E-state index >= 15 is 0 Å². The molecule has 2 atom stereocenters. The molecule has 92 valence electrons. The number of hydrogen-bond acceptors (Lipinski definition) is 3. The molecule has 0 saturated heterocycles. The quantitative estimate of drug-likeness (QED) is 0.578. The van der Waals surface area contributed by atoms with Crippen LogP contribution in [0.1, 0.15) is 47.0 Å². The van der Waals surface area contributed by atoms with Gasteiger partial charge in [0.2, 0.25) is 0 Å². The highest BCUT2D eigenvalue weighted by Crippen LogP contribution is 2.19. The second kappa shape index (κ2) is 6.46. The fraction of sp³-hybridized carbons (Fsp3) is 1.00. The highest BCUT2D eigenvalue weighted by molar-refractivity contribution is 4.79. The number of aliphatic hydroxyl groups excluding tert-OH is 1. The molecule has 2 unspecified atom stereocenters. The van der Waals surface area contributed by atoms with Gasteiger partial charge in [-0.15, -0.1) is 0 Å². The van der Waals surface area contributed by atoms with Crippen LogP contribution in [0.25, 0.3) is 0 Å². The minimum absolute atomic E-state index is 0.0672. The maximum Gasteiger partial charge on any atom is 0.0743 e. The summed E-state index contributed by atoms with van der Waals surface area (Å²) in [5.74, 6) is 0. The van der Waals surface area contributed by atoms with Crippen molar-refractivity contribution in [2.75, 3.05) is 19.7 Å². The number of rotatable bonds is 8. The molecule has 3 N–H and O–H groups in total. The average molecular weight is 217 g/mol. The van der Waals surface area contributed by atoms with Crippen LogP contribution in [-0.4, -0.2) is 35.5 Å². The molecule has 0 radical (unpaired) electrons. The average Bonchev–Trinajstić information content (AvgIpc) is 2.17. The van der Waals surface area contributed by atoms with Crippen LogP contribution in [0.5, 0.6) is 0 Å². The Bertz CT molecular complexity index is 165. The van der Waals surface area contributed by atoms with Gasteiger partial charge in [-0.25, -0.2) is 0 Å². The van der Waals surface area contributed by atoms with Gasteiger partial charge in [0.25, 0.3) is 0 Å². The van der Waals surface area contributed by atoms with Crippen LogP contribution < -0.4 is 5.32 Å². The Kier molecular flexibility index (Phi) is 6.41. The summed E-state index contributed by atoms with van der Waals surface area (Å²) in [4.78, 5) is 0. The lowest BCUT2D eigenvalue weighted by Crippen LogP contribution is -2.43. The Hall–Kier alpha value is -0.120. The van der Waals surface area contributed by atoms with Crippen LogP contribution in [0.15, 0.2) is 0 Å². The van der Waals surface area contributed by atoms with E-state index < -0.39 is 5.60 Å². The zero-order valence-corrected chi connectivity index (χ0v) is 10.6. The maximum absolute atomic E-state index is 9.93. The van der Waals surface area contributed by atoms with Crippen LogP contribution in [0.2, 0.25) is 0 Å². The van der Waals surface area contributed by atoms with Gasteiger partial charge < -0.3 is 15.5 Å². The fourth-order valence-corrected chi connectivity index (χ4v) is 1.55. The molecule has 0 bridgehead atoms. The van der Waals surface area contributed by atoms with E-state index in [1.807, 2.05) is 6.92 Å². The lowest BCUT2D eigenvalue weighted by atomic mass is 9.88. The van der Waals surface area contributed by atoms with Gasteiger partial charge in [-0.05, 0) is 19.8 Å². The Labute approximate surface area is 93.9 Å². The third-order valence-electron chi connectivity index (χ3n) is 3.08. The van der Waals surface area contributed by atoms with E-state index in [-0.39, 0.29) is 12.0 Å². The molecule has 3 nitrogen and oxygen atoms in total. The number of aliphatic hydroxyl groups is 2. The third kappa shape index (κ3) is 6.13. The first-order valence-corrected chi connectivity index (χ1v) is 5.93. The van der Waals surface area contributed by atoms with E-state index in [1.54, 1.807) is 0 Å². The Balaban J connectivity index is 3.87. The molecular formula is C12H27NO2. The summed E-state index contributed by atoms with van der Waals surface area (Å²) < 4.78 is 0. The summed E-state index contributed by atoms with van der Waals surface area (Å²) in [6.45, 7) is 9.57. The van der Waals surface area contributed by atoms with Gasteiger partial charge in [0.15, 0.2) is 0 Å². The van der Waals surface area contributed by atoms with Crippen LogP contribution in [-0.2, 0) is 0 Å². The van der Waals surface area contributed by atoms with E-state index in [2.05, 4.69) is 26.1 Å². The molecule has 0 aliphatic heterocycles. The largest absolute Gasteiger partial charge is 0.396 e. The number of nitrogens with one attached hydrogen (secondary N) is 1. The third-order valence-corrected chi connectivity index (χ3v) is 3.08. The Morgan fingerprint density at radius 3 is 2.13 bits per heavy atom. The first kappa shape index (κ1) is 14.9. The van der Waals surface area contributed by atoms with Crippen molar-refractivity contribution in [3.8, 4) is 0 Å². The van der Waals surface area contributed by atoms with Crippen LogP contribution in [0.3, 0.4) is 0 Å². The molecule has 3 heteroatoms. The summed E-state index contributed by atoms with van der Waals surface area (Å²) in [5, 5.41) is 22.4. The van der Waals surface area contributed by atoms with Gasteiger partial charge in [0, 0.05) is 25.1 Å². The summed E-state index contributed by atoms with van der Waals surface area (Å²) >= 11 is 0. The topological polar surface area (TPSA) is 52.5 Å². The van der Waals surface area contributed by atoms with Crippen molar-refractivity contribution >= 4 is 0 Å². The normalized spacial score (nSPS) is 19.6. The summed E-state index contributed by atoms with van der Waals surface area (Å²) in [7, 11) is 0. The molecule has 15 heavy (non-hydrogen) atoms. The molecular weight excluding hydrogens is 190 g/mol. The SMILES string of the molecule is CCCC(C)(O)CNCC(C)(CC)CO. The van der Waals surface area contributed by atoms with Gasteiger partial charge in [0.05, 0.1) is 5.60 Å². The standard InChI is InChI=1S/C12H27NO2/c1-5-7-12(4,15)9-13-8-11(3,6-2)10-14/h13-15H,5-10H2,1-4H3. The molecule has 0 rings (SSSR count). The van der Waals surface area contributed by atoms with Gasteiger partial charge in [0.1, 0.15) is 0 Å². The van der Waals surface area contributed by atoms with E-state index in [1.165, 1.54) is 0 Å². The van der Waals surface area contributed by atoms with Crippen molar-refractivity contribution < 1.29 is 10.2 Å². The molecule has 0 aliphatic rings. The van der Waals surface area contributed by atoms with Gasteiger partial charge in [-0.1, -0.05) is 27.2 Å². The van der Waals surface area contributed by atoms with Gasteiger partial charge >= 0.3 is 0 Å². The van der Waals surface area contributed by atoms with Crippen molar-refractivity contribution in [2.45, 2.75) is 52.6 Å². The Morgan fingerprint density at radius 1 is 1.13 bits per heavy atom. The molecule has 0 spiro atoms. The predicted octanol–water partition coefficient (Wildman–Crippen LogP) is 1.54. The molecule has 0 aliphatic carbocycles. The minimum atomic E-state index is -0.626. The Morgan fingerprint density at radius 2 is 1.73 bits per heavy atom. The molecule has 0 aromatic carbocycles. The summed E-state index contributed by atoms with van der Waals surface area (Å²) in [6, 6.07) is 0. The zero-order chi connectivity index (χ0) is 11.9. The van der Waals surface area contributed by atoms with Gasteiger partial charge in [-0.2, -0.15) is 0 Å². The summed E-state index contributed by atoms with van der Waals surface area (Å²) in [6.07, 6.45) is 2.73. The van der Waals surface area contributed by atoms with E-state index in [9.17, 15) is 10.2 Å². The first-order chi connectivity index (χ1) is 6.89.